The number of sulfonamides is 1. The van der Waals surface area contributed by atoms with Crippen molar-refractivity contribution in [1.82, 2.24) is 5.32 Å². The molecule has 0 spiro atoms. The second-order valence-electron chi connectivity index (χ2n) is 6.45. The van der Waals surface area contributed by atoms with Crippen LogP contribution in [0, 0.1) is 0 Å². The molecule has 0 saturated carbocycles. The number of nitrogens with one attached hydrogen (secondary N) is 2. The lowest BCUT2D eigenvalue weighted by molar-refractivity contribution is 0.0950. The molecule has 3 aromatic carbocycles. The molecule has 0 saturated heterocycles. The Labute approximate surface area is 186 Å². The van der Waals surface area contributed by atoms with Crippen molar-refractivity contribution in [2.45, 2.75) is 11.4 Å². The van der Waals surface area contributed by atoms with Crippen molar-refractivity contribution in [3.05, 3.63) is 82.9 Å². The Bertz CT molecular complexity index is 1200. The lowest BCUT2D eigenvalue weighted by Crippen LogP contribution is -2.23. The van der Waals surface area contributed by atoms with Crippen molar-refractivity contribution in [3.8, 4) is 11.5 Å². The summed E-state index contributed by atoms with van der Waals surface area (Å²) in [5.41, 5.74) is 1.17. The maximum atomic E-state index is 12.7. The van der Waals surface area contributed by atoms with Crippen molar-refractivity contribution in [1.29, 1.82) is 0 Å². The smallest absolute Gasteiger partial charge is 0.261 e. The van der Waals surface area contributed by atoms with Crippen molar-refractivity contribution in [3.63, 3.8) is 0 Å². The number of benzene rings is 3. The Morgan fingerprint density at radius 3 is 2.42 bits per heavy atom. The van der Waals surface area contributed by atoms with Crippen molar-refractivity contribution in [2.24, 2.45) is 0 Å². The van der Waals surface area contributed by atoms with E-state index in [1.807, 2.05) is 0 Å². The standard InChI is InChI=1S/C22H21ClN2O5S/c1-29-20-12-6-8-16(21(20)30-2)14-24-22(26)15-7-5-9-17(13-15)31(27,28)25-19-11-4-3-10-18(19)23/h3-13,25H,14H2,1-2H3,(H,24,26). The predicted octanol–water partition coefficient (Wildman–Crippen LogP) is 4.09. The highest BCUT2D eigenvalue weighted by Gasteiger charge is 2.18. The Hall–Kier alpha value is -3.23. The molecule has 3 rings (SSSR count). The predicted molar refractivity (Wildman–Crippen MR) is 119 cm³/mol. The van der Waals surface area contributed by atoms with Crippen LogP contribution < -0.4 is 19.5 Å². The van der Waals surface area contributed by atoms with Crippen LogP contribution in [0.2, 0.25) is 5.02 Å². The molecule has 7 nitrogen and oxygen atoms in total. The van der Waals surface area contributed by atoms with Crippen LogP contribution in [0.4, 0.5) is 5.69 Å². The largest absolute Gasteiger partial charge is 0.493 e. The quantitative estimate of drug-likeness (QED) is 0.528. The second kappa shape index (κ2) is 9.72. The van der Waals surface area contributed by atoms with Crippen LogP contribution in [0.25, 0.3) is 0 Å². The Balaban J connectivity index is 1.77. The van der Waals surface area contributed by atoms with E-state index in [0.717, 1.165) is 5.56 Å². The summed E-state index contributed by atoms with van der Waals surface area (Å²) in [6, 6.07) is 17.6. The highest BCUT2D eigenvalue weighted by Crippen LogP contribution is 2.30. The van der Waals surface area contributed by atoms with Crippen LogP contribution in [0.15, 0.2) is 71.6 Å². The maximum absolute atomic E-state index is 12.7. The molecule has 0 unspecified atom stereocenters. The first-order chi connectivity index (χ1) is 14.9. The van der Waals surface area contributed by atoms with Gasteiger partial charge in [-0.15, -0.1) is 0 Å². The average molecular weight is 461 g/mol. The maximum Gasteiger partial charge on any atom is 0.261 e. The fourth-order valence-electron chi connectivity index (χ4n) is 2.92. The molecule has 0 aromatic heterocycles. The first kappa shape index (κ1) is 22.5. The first-order valence-electron chi connectivity index (χ1n) is 9.21. The molecule has 0 aliphatic heterocycles. The van der Waals surface area contributed by atoms with Crippen LogP contribution >= 0.6 is 11.6 Å². The van der Waals surface area contributed by atoms with E-state index in [2.05, 4.69) is 10.0 Å². The van der Waals surface area contributed by atoms with Gasteiger partial charge in [-0.1, -0.05) is 41.9 Å². The van der Waals surface area contributed by atoms with E-state index in [0.29, 0.717) is 11.5 Å². The molecule has 0 bridgehead atoms. The average Bonchev–Trinajstić information content (AvgIpc) is 2.78. The Morgan fingerprint density at radius 1 is 0.968 bits per heavy atom. The summed E-state index contributed by atoms with van der Waals surface area (Å²) in [4.78, 5) is 12.6. The van der Waals surface area contributed by atoms with E-state index in [9.17, 15) is 13.2 Å². The number of anilines is 1. The van der Waals surface area contributed by atoms with Gasteiger partial charge in [0.05, 0.1) is 29.8 Å². The van der Waals surface area contributed by atoms with Crippen molar-refractivity contribution >= 4 is 33.2 Å². The molecule has 0 radical (unpaired) electrons. The SMILES string of the molecule is COc1cccc(CNC(=O)c2cccc(S(=O)(=O)Nc3ccccc3Cl)c2)c1OC. The summed E-state index contributed by atoms with van der Waals surface area (Å²) in [5.74, 6) is 0.637. The molecule has 9 heteroatoms. The van der Waals surface area contributed by atoms with E-state index in [1.54, 1.807) is 42.5 Å². The summed E-state index contributed by atoms with van der Waals surface area (Å²) in [5, 5.41) is 3.04. The molecule has 0 heterocycles. The fraction of sp³-hybridized carbons (Fsp3) is 0.136. The third kappa shape index (κ3) is 5.28. The zero-order chi connectivity index (χ0) is 22.4. The number of carbonyl (C=O) groups is 1. The van der Waals surface area contributed by atoms with E-state index >= 15 is 0 Å². The normalized spacial score (nSPS) is 10.9. The number of methoxy groups -OCH3 is 2. The zero-order valence-corrected chi connectivity index (χ0v) is 18.5. The van der Waals surface area contributed by atoms with Crippen molar-refractivity contribution in [2.75, 3.05) is 18.9 Å². The minimum atomic E-state index is -3.93. The molecule has 0 atom stereocenters. The number of ether oxygens (including phenoxy) is 2. The Morgan fingerprint density at radius 2 is 1.71 bits per heavy atom. The van der Waals surface area contributed by atoms with Gasteiger partial charge in [-0.2, -0.15) is 0 Å². The number of hydrogen-bond donors (Lipinski definition) is 2. The number of amides is 1. The summed E-state index contributed by atoms with van der Waals surface area (Å²) in [7, 11) is -0.882. The van der Waals surface area contributed by atoms with Crippen LogP contribution in [0.1, 0.15) is 15.9 Å². The molecule has 162 valence electrons. The van der Waals surface area contributed by atoms with Gasteiger partial charge in [0.15, 0.2) is 11.5 Å². The summed E-state index contributed by atoms with van der Waals surface area (Å²) < 4.78 is 38.5. The van der Waals surface area contributed by atoms with Gasteiger partial charge in [0.1, 0.15) is 0 Å². The number of rotatable bonds is 8. The van der Waals surface area contributed by atoms with Crippen molar-refractivity contribution < 1.29 is 22.7 Å². The lowest BCUT2D eigenvalue weighted by atomic mass is 10.1. The second-order valence-corrected chi connectivity index (χ2v) is 8.54. The molecule has 0 fully saturated rings. The fourth-order valence-corrected chi connectivity index (χ4v) is 4.29. The van der Waals surface area contributed by atoms with Crippen LogP contribution in [-0.4, -0.2) is 28.5 Å². The minimum absolute atomic E-state index is 0.0565. The highest BCUT2D eigenvalue weighted by molar-refractivity contribution is 7.92. The molecule has 0 aliphatic carbocycles. The molecule has 31 heavy (non-hydrogen) atoms. The molecule has 0 aliphatic rings. The first-order valence-corrected chi connectivity index (χ1v) is 11.1. The lowest BCUT2D eigenvalue weighted by Gasteiger charge is -2.13. The molecule has 3 aromatic rings. The van der Waals surface area contributed by atoms with E-state index < -0.39 is 15.9 Å². The monoisotopic (exact) mass is 460 g/mol. The molecular formula is C22H21ClN2O5S. The van der Waals surface area contributed by atoms with E-state index in [-0.39, 0.29) is 27.7 Å². The van der Waals surface area contributed by atoms with Gasteiger partial charge in [-0.3, -0.25) is 9.52 Å². The van der Waals surface area contributed by atoms with Gasteiger partial charge < -0.3 is 14.8 Å². The van der Waals surface area contributed by atoms with Crippen LogP contribution in [0.3, 0.4) is 0 Å². The Kier molecular flexibility index (Phi) is 7.04. The number of hydrogen-bond acceptors (Lipinski definition) is 5. The highest BCUT2D eigenvalue weighted by atomic mass is 35.5. The van der Waals surface area contributed by atoms with Gasteiger partial charge >= 0.3 is 0 Å². The summed E-state index contributed by atoms with van der Waals surface area (Å²) in [6.07, 6.45) is 0. The number of carbonyl (C=O) groups excluding carboxylic acids is 1. The topological polar surface area (TPSA) is 93.7 Å². The van der Waals surface area contributed by atoms with Gasteiger partial charge in [0, 0.05) is 17.7 Å². The summed E-state index contributed by atoms with van der Waals surface area (Å²) in [6.45, 7) is 0.175. The van der Waals surface area contributed by atoms with E-state index in [4.69, 9.17) is 21.1 Å². The third-order valence-corrected chi connectivity index (χ3v) is 6.14. The zero-order valence-electron chi connectivity index (χ0n) is 16.9. The van der Waals surface area contributed by atoms with Gasteiger partial charge in [-0.05, 0) is 36.4 Å². The van der Waals surface area contributed by atoms with Crippen LogP contribution in [-0.2, 0) is 16.6 Å². The number of halogens is 1. The summed E-state index contributed by atoms with van der Waals surface area (Å²) >= 11 is 6.04. The minimum Gasteiger partial charge on any atom is -0.493 e. The van der Waals surface area contributed by atoms with Gasteiger partial charge in [-0.25, -0.2) is 8.42 Å². The molecular weight excluding hydrogens is 440 g/mol. The number of para-hydroxylation sites is 2. The molecule has 2 N–H and O–H groups in total. The third-order valence-electron chi connectivity index (χ3n) is 4.45. The van der Waals surface area contributed by atoms with Crippen LogP contribution in [0.5, 0.6) is 11.5 Å². The van der Waals surface area contributed by atoms with Gasteiger partial charge in [0.25, 0.3) is 15.9 Å². The van der Waals surface area contributed by atoms with E-state index in [1.165, 1.54) is 38.5 Å². The molecule has 1 amide bonds. The van der Waals surface area contributed by atoms with Gasteiger partial charge in [0.2, 0.25) is 0 Å².